The molecule has 140 valence electrons. The lowest BCUT2D eigenvalue weighted by molar-refractivity contribution is -0.687. The summed E-state index contributed by atoms with van der Waals surface area (Å²) in [5.74, 6) is 0. The fourth-order valence-electron chi connectivity index (χ4n) is 3.58. The molecule has 0 spiro atoms. The molecule has 26 heavy (non-hydrogen) atoms. The number of hydrogen-bond donors (Lipinski definition) is 1. The lowest BCUT2D eigenvalue weighted by atomic mass is 9.96. The van der Waals surface area contributed by atoms with Gasteiger partial charge in [-0.2, -0.15) is 0 Å². The average Bonchev–Trinajstić information content (AvgIpc) is 2.70. The van der Waals surface area contributed by atoms with E-state index in [1.54, 1.807) is 13.1 Å². The van der Waals surface area contributed by atoms with E-state index in [0.29, 0.717) is 4.90 Å². The van der Waals surface area contributed by atoms with Crippen LogP contribution in [-0.2, 0) is 10.0 Å². The molecule has 0 bridgehead atoms. The van der Waals surface area contributed by atoms with E-state index in [4.69, 9.17) is 0 Å². The predicted octanol–water partition coefficient (Wildman–Crippen LogP) is 3.66. The van der Waals surface area contributed by atoms with Crippen molar-refractivity contribution in [2.75, 3.05) is 17.9 Å². The second kappa shape index (κ2) is 8.27. The van der Waals surface area contributed by atoms with Crippen LogP contribution in [0.2, 0.25) is 0 Å². The molecule has 0 saturated heterocycles. The molecule has 0 fully saturated rings. The largest absolute Gasteiger partial charge is 0.336 e. The Hall–Kier alpha value is -1.12. The number of para-hydroxylation sites is 1. The minimum Gasteiger partial charge on any atom is -0.336 e. The van der Waals surface area contributed by atoms with Gasteiger partial charge in [0.05, 0.1) is 17.1 Å². The van der Waals surface area contributed by atoms with Crippen molar-refractivity contribution in [3.8, 4) is 0 Å². The fraction of sp³-hybridized carbons (Fsp3) is 0.400. The third kappa shape index (κ3) is 3.77. The van der Waals surface area contributed by atoms with E-state index in [9.17, 15) is 8.42 Å². The van der Waals surface area contributed by atoms with Crippen molar-refractivity contribution >= 4 is 38.3 Å². The first-order chi connectivity index (χ1) is 12.5. The molecule has 0 aliphatic carbocycles. The summed E-state index contributed by atoms with van der Waals surface area (Å²) >= 11 is 2.18. The van der Waals surface area contributed by atoms with Gasteiger partial charge in [-0.05, 0) is 53.6 Å². The summed E-state index contributed by atoms with van der Waals surface area (Å²) in [6.07, 6.45) is 4.84. The molecule has 0 saturated carbocycles. The average molecular weight is 485 g/mol. The molecule has 2 aromatic rings. The van der Waals surface area contributed by atoms with Gasteiger partial charge in [0.15, 0.2) is 0 Å². The maximum absolute atomic E-state index is 13.2. The summed E-state index contributed by atoms with van der Waals surface area (Å²) in [7, 11) is -1.90. The smallest absolute Gasteiger partial charge is 0.264 e. The highest BCUT2D eigenvalue weighted by Gasteiger charge is 2.36. The third-order valence-electron chi connectivity index (χ3n) is 5.02. The summed E-state index contributed by atoms with van der Waals surface area (Å²) in [5.41, 5.74) is 2.72. The van der Waals surface area contributed by atoms with Crippen molar-refractivity contribution in [3.63, 3.8) is 0 Å². The number of rotatable bonds is 6. The van der Waals surface area contributed by atoms with Gasteiger partial charge in [-0.25, -0.2) is 8.42 Å². The zero-order valence-electron chi connectivity index (χ0n) is 15.3. The fourth-order valence-corrected chi connectivity index (χ4v) is 5.77. The number of hydrogen-bond acceptors (Lipinski definition) is 2. The highest BCUT2D eigenvalue weighted by molar-refractivity contribution is 14.1. The van der Waals surface area contributed by atoms with Gasteiger partial charge < -0.3 is 5.32 Å². The molecule has 2 aromatic carbocycles. The molecule has 0 aromatic heterocycles. The van der Waals surface area contributed by atoms with E-state index in [-0.39, 0.29) is 6.04 Å². The number of benzene rings is 2. The molecule has 4 nitrogen and oxygen atoms in total. The van der Waals surface area contributed by atoms with Gasteiger partial charge in [0.2, 0.25) is 0 Å². The SMILES string of the molecule is CCCCCC[NH2+]C1c2ccccc2N(C)S(=O)(=O)c2cc(I)ccc21. The summed E-state index contributed by atoms with van der Waals surface area (Å²) in [4.78, 5) is 0.429. The number of nitrogens with two attached hydrogens (primary N) is 1. The van der Waals surface area contributed by atoms with Gasteiger partial charge in [0, 0.05) is 21.7 Å². The minimum atomic E-state index is -3.56. The van der Waals surface area contributed by atoms with E-state index in [1.165, 1.54) is 23.6 Å². The van der Waals surface area contributed by atoms with Crippen LogP contribution in [0.25, 0.3) is 0 Å². The Kier molecular flexibility index (Phi) is 6.25. The van der Waals surface area contributed by atoms with Gasteiger partial charge in [-0.15, -0.1) is 0 Å². The van der Waals surface area contributed by atoms with Crippen LogP contribution >= 0.6 is 22.6 Å². The molecule has 3 rings (SSSR count). The van der Waals surface area contributed by atoms with Gasteiger partial charge in [-0.3, -0.25) is 4.31 Å². The van der Waals surface area contributed by atoms with Crippen molar-refractivity contribution in [1.82, 2.24) is 0 Å². The zero-order valence-corrected chi connectivity index (χ0v) is 18.3. The Morgan fingerprint density at radius 2 is 1.85 bits per heavy atom. The molecular formula is C20H26IN2O2S+. The summed E-state index contributed by atoms with van der Waals surface area (Å²) in [5, 5.41) is 2.30. The molecule has 1 atom stereocenters. The van der Waals surface area contributed by atoms with Crippen LogP contribution in [0.5, 0.6) is 0 Å². The lowest BCUT2D eigenvalue weighted by Gasteiger charge is -2.20. The van der Waals surface area contributed by atoms with Crippen LogP contribution in [0.15, 0.2) is 47.4 Å². The predicted molar refractivity (Wildman–Crippen MR) is 114 cm³/mol. The Labute approximate surface area is 170 Å². The van der Waals surface area contributed by atoms with Gasteiger partial charge in [0.25, 0.3) is 10.0 Å². The van der Waals surface area contributed by atoms with Crippen molar-refractivity contribution in [1.29, 1.82) is 0 Å². The van der Waals surface area contributed by atoms with E-state index in [1.807, 2.05) is 30.3 Å². The quantitative estimate of drug-likeness (QED) is 0.502. The number of quaternary nitrogens is 1. The van der Waals surface area contributed by atoms with E-state index >= 15 is 0 Å². The molecule has 0 radical (unpaired) electrons. The first-order valence-corrected chi connectivity index (χ1v) is 11.7. The van der Waals surface area contributed by atoms with Crippen LogP contribution < -0.4 is 9.62 Å². The number of unbranched alkanes of at least 4 members (excludes halogenated alkanes) is 3. The first kappa shape index (κ1) is 19.6. The van der Waals surface area contributed by atoms with E-state index < -0.39 is 10.0 Å². The molecule has 2 N–H and O–H groups in total. The normalized spacial score (nSPS) is 18.1. The molecule has 6 heteroatoms. The second-order valence-electron chi connectivity index (χ2n) is 6.78. The van der Waals surface area contributed by atoms with Crippen molar-refractivity contribution < 1.29 is 13.7 Å². The topological polar surface area (TPSA) is 54.0 Å². The molecule has 1 unspecified atom stereocenters. The first-order valence-electron chi connectivity index (χ1n) is 9.17. The van der Waals surface area contributed by atoms with Crippen LogP contribution in [0.3, 0.4) is 0 Å². The Morgan fingerprint density at radius 1 is 1.08 bits per heavy atom. The summed E-state index contributed by atoms with van der Waals surface area (Å²) in [6, 6.07) is 13.6. The monoisotopic (exact) mass is 485 g/mol. The molecule has 1 aliphatic heterocycles. The number of fused-ring (bicyclic) bond motifs is 2. The van der Waals surface area contributed by atoms with Crippen molar-refractivity contribution in [3.05, 3.63) is 57.2 Å². The van der Waals surface area contributed by atoms with Crippen molar-refractivity contribution in [2.24, 2.45) is 0 Å². The summed E-state index contributed by atoms with van der Waals surface area (Å²) in [6.45, 7) is 3.21. The Morgan fingerprint density at radius 3 is 2.62 bits per heavy atom. The molecule has 1 heterocycles. The number of anilines is 1. The van der Waals surface area contributed by atoms with Crippen LogP contribution in [-0.4, -0.2) is 22.0 Å². The number of halogens is 1. The van der Waals surface area contributed by atoms with Gasteiger partial charge in [0.1, 0.15) is 6.04 Å². The second-order valence-corrected chi connectivity index (χ2v) is 9.96. The Bertz CT molecular complexity index is 883. The lowest BCUT2D eigenvalue weighted by Crippen LogP contribution is -2.85. The molecule has 1 aliphatic rings. The Balaban J connectivity index is 2.07. The highest BCUT2D eigenvalue weighted by atomic mass is 127. The highest BCUT2D eigenvalue weighted by Crippen LogP contribution is 2.38. The van der Waals surface area contributed by atoms with E-state index in [2.05, 4.69) is 40.9 Å². The minimum absolute atomic E-state index is 0.000415. The maximum atomic E-state index is 13.2. The van der Waals surface area contributed by atoms with Gasteiger partial charge >= 0.3 is 0 Å². The maximum Gasteiger partial charge on any atom is 0.264 e. The number of nitrogens with zero attached hydrogens (tertiary/aromatic N) is 1. The van der Waals surface area contributed by atoms with Crippen LogP contribution in [0.1, 0.15) is 49.8 Å². The van der Waals surface area contributed by atoms with Crippen LogP contribution in [0.4, 0.5) is 5.69 Å². The third-order valence-corrected chi connectivity index (χ3v) is 7.52. The molecule has 0 amide bonds. The molecular weight excluding hydrogens is 459 g/mol. The number of sulfonamides is 1. The van der Waals surface area contributed by atoms with Gasteiger partial charge in [-0.1, -0.05) is 44.0 Å². The van der Waals surface area contributed by atoms with Crippen LogP contribution in [0, 0.1) is 3.57 Å². The standard InChI is InChI=1S/C20H25IN2O2S/c1-3-4-5-8-13-22-20-16-9-6-7-10-18(16)23(2)26(24,25)19-14-15(21)11-12-17(19)20/h6-7,9-12,14,20,22H,3-5,8,13H2,1-2H3/p+1. The zero-order chi connectivity index (χ0) is 18.7. The summed E-state index contributed by atoms with van der Waals surface area (Å²) < 4.78 is 28.8. The van der Waals surface area contributed by atoms with Crippen molar-refractivity contribution in [2.45, 2.75) is 43.5 Å². The van der Waals surface area contributed by atoms with E-state index in [0.717, 1.165) is 33.4 Å².